The maximum Gasteiger partial charge on any atom is 0.257 e. The van der Waals surface area contributed by atoms with Gasteiger partial charge >= 0.3 is 0 Å². The molecule has 5 nitrogen and oxygen atoms in total. The van der Waals surface area contributed by atoms with Crippen LogP contribution in [0.15, 0.2) is 36.4 Å². The zero-order chi connectivity index (χ0) is 20.8. The molecular formula is C24H28N2O3. The van der Waals surface area contributed by atoms with Gasteiger partial charge in [-0.2, -0.15) is 0 Å². The summed E-state index contributed by atoms with van der Waals surface area (Å²) in [6.07, 6.45) is 5.88. The topological polar surface area (TPSA) is 67.4 Å². The fourth-order valence-electron chi connectivity index (χ4n) is 3.26. The number of benzene rings is 2. The Morgan fingerprint density at radius 3 is 2.55 bits per heavy atom. The van der Waals surface area contributed by atoms with E-state index in [4.69, 9.17) is 4.74 Å². The number of carbonyl (C=O) groups is 2. The Morgan fingerprint density at radius 1 is 1.07 bits per heavy atom. The first-order valence-electron chi connectivity index (χ1n) is 10.0. The lowest BCUT2D eigenvalue weighted by atomic mass is 10.0. The molecule has 0 radical (unpaired) electrons. The lowest BCUT2D eigenvalue weighted by molar-refractivity contribution is -0.123. The third kappa shape index (κ3) is 5.47. The molecular weight excluding hydrogens is 364 g/mol. The molecule has 0 saturated heterocycles. The van der Waals surface area contributed by atoms with E-state index in [0.717, 1.165) is 34.5 Å². The van der Waals surface area contributed by atoms with E-state index in [2.05, 4.69) is 22.8 Å². The minimum atomic E-state index is -0.153. The molecule has 0 unspecified atom stereocenters. The second-order valence-corrected chi connectivity index (χ2v) is 7.73. The van der Waals surface area contributed by atoms with Gasteiger partial charge in [0.05, 0.1) is 0 Å². The predicted molar refractivity (Wildman–Crippen MR) is 116 cm³/mol. The molecule has 0 bridgehead atoms. The van der Waals surface area contributed by atoms with Crippen molar-refractivity contribution in [2.24, 2.45) is 5.92 Å². The molecule has 2 amide bonds. The summed E-state index contributed by atoms with van der Waals surface area (Å²) >= 11 is 0. The Balaban J connectivity index is 1.79. The van der Waals surface area contributed by atoms with Gasteiger partial charge in [0.2, 0.25) is 0 Å². The van der Waals surface area contributed by atoms with Gasteiger partial charge < -0.3 is 15.4 Å². The van der Waals surface area contributed by atoms with Gasteiger partial charge in [0.25, 0.3) is 11.8 Å². The van der Waals surface area contributed by atoms with E-state index in [1.165, 1.54) is 0 Å². The molecule has 5 heteroatoms. The van der Waals surface area contributed by atoms with Crippen LogP contribution in [0, 0.1) is 12.8 Å². The molecule has 2 N–H and O–H groups in total. The summed E-state index contributed by atoms with van der Waals surface area (Å²) in [4.78, 5) is 24.9. The van der Waals surface area contributed by atoms with E-state index < -0.39 is 0 Å². The van der Waals surface area contributed by atoms with Crippen LogP contribution in [0.25, 0.3) is 12.2 Å². The minimum Gasteiger partial charge on any atom is -0.483 e. The minimum absolute atomic E-state index is 0.0398. The van der Waals surface area contributed by atoms with Crippen molar-refractivity contribution in [3.05, 3.63) is 58.0 Å². The van der Waals surface area contributed by atoms with Gasteiger partial charge in [-0.1, -0.05) is 38.1 Å². The van der Waals surface area contributed by atoms with E-state index in [9.17, 15) is 9.59 Å². The summed E-state index contributed by atoms with van der Waals surface area (Å²) in [6, 6.07) is 11.3. The van der Waals surface area contributed by atoms with Crippen LogP contribution < -0.4 is 25.8 Å². The third-order valence-corrected chi connectivity index (χ3v) is 4.70. The van der Waals surface area contributed by atoms with Crippen molar-refractivity contribution in [1.82, 2.24) is 5.32 Å². The van der Waals surface area contributed by atoms with Crippen LogP contribution in [0.1, 0.15) is 42.6 Å². The quantitative estimate of drug-likeness (QED) is 0.761. The smallest absolute Gasteiger partial charge is 0.257 e. The first kappa shape index (κ1) is 20.6. The SMILES string of the molecule is Cc1cccc(NC(=O)c2ccc(OCC(=O)NCC(C)C)c3c2=CCCC=3)c1. The number of anilines is 1. The zero-order valence-electron chi connectivity index (χ0n) is 17.2. The van der Waals surface area contributed by atoms with Gasteiger partial charge in [-0.15, -0.1) is 0 Å². The highest BCUT2D eigenvalue weighted by Gasteiger charge is 2.14. The van der Waals surface area contributed by atoms with Crippen LogP contribution in [0.3, 0.4) is 0 Å². The molecule has 1 aliphatic carbocycles. The van der Waals surface area contributed by atoms with E-state index >= 15 is 0 Å². The Hall–Kier alpha value is -3.08. The Bertz CT molecular complexity index is 1020. The second-order valence-electron chi connectivity index (χ2n) is 7.73. The summed E-state index contributed by atoms with van der Waals surface area (Å²) in [6.45, 7) is 6.66. The van der Waals surface area contributed by atoms with Gasteiger partial charge in [0.1, 0.15) is 5.75 Å². The molecule has 3 rings (SSSR count). The summed E-state index contributed by atoms with van der Waals surface area (Å²) < 4.78 is 5.77. The number of hydrogen-bond acceptors (Lipinski definition) is 3. The molecule has 1 aliphatic rings. The van der Waals surface area contributed by atoms with Crippen molar-refractivity contribution in [1.29, 1.82) is 0 Å². The van der Waals surface area contributed by atoms with Crippen molar-refractivity contribution < 1.29 is 14.3 Å². The van der Waals surface area contributed by atoms with Crippen molar-refractivity contribution in [3.8, 4) is 5.75 Å². The van der Waals surface area contributed by atoms with Crippen LogP contribution >= 0.6 is 0 Å². The van der Waals surface area contributed by atoms with E-state index in [1.54, 1.807) is 12.1 Å². The van der Waals surface area contributed by atoms with Crippen LogP contribution in [0.5, 0.6) is 5.75 Å². The normalized spacial score (nSPS) is 12.4. The van der Waals surface area contributed by atoms with E-state index in [1.807, 2.05) is 45.0 Å². The van der Waals surface area contributed by atoms with Gasteiger partial charge in [-0.3, -0.25) is 9.59 Å². The number of rotatable bonds is 7. The molecule has 2 aromatic carbocycles. The number of nitrogens with one attached hydrogen (secondary N) is 2. The second kappa shape index (κ2) is 9.41. The van der Waals surface area contributed by atoms with Crippen LogP contribution in [0.4, 0.5) is 5.69 Å². The molecule has 0 heterocycles. The molecule has 2 aromatic rings. The Labute approximate surface area is 171 Å². The number of fused-ring (bicyclic) bond motifs is 1. The summed E-state index contributed by atoms with van der Waals surface area (Å²) in [5.74, 6) is 0.719. The number of hydrogen-bond donors (Lipinski definition) is 2. The van der Waals surface area contributed by atoms with Crippen molar-refractivity contribution in [3.63, 3.8) is 0 Å². The monoisotopic (exact) mass is 392 g/mol. The average molecular weight is 392 g/mol. The molecule has 0 saturated carbocycles. The molecule has 0 fully saturated rings. The number of carbonyl (C=O) groups excluding carboxylic acids is 2. The van der Waals surface area contributed by atoms with E-state index in [-0.39, 0.29) is 18.4 Å². The van der Waals surface area contributed by atoms with Crippen LogP contribution in [-0.2, 0) is 4.79 Å². The first-order chi connectivity index (χ1) is 13.9. The maximum absolute atomic E-state index is 12.9. The highest BCUT2D eigenvalue weighted by Crippen LogP contribution is 2.12. The lowest BCUT2D eigenvalue weighted by Gasteiger charge is -2.13. The third-order valence-electron chi connectivity index (χ3n) is 4.70. The molecule has 152 valence electrons. The number of amides is 2. The average Bonchev–Trinajstić information content (AvgIpc) is 2.70. The van der Waals surface area contributed by atoms with E-state index in [0.29, 0.717) is 23.8 Å². The van der Waals surface area contributed by atoms with Crippen LogP contribution in [0.2, 0.25) is 0 Å². The summed E-state index contributed by atoms with van der Waals surface area (Å²) in [5.41, 5.74) is 2.46. The molecule has 29 heavy (non-hydrogen) atoms. The highest BCUT2D eigenvalue weighted by molar-refractivity contribution is 6.04. The molecule has 0 spiro atoms. The van der Waals surface area contributed by atoms with Crippen LogP contribution in [-0.4, -0.2) is 25.0 Å². The highest BCUT2D eigenvalue weighted by atomic mass is 16.5. The molecule has 0 aliphatic heterocycles. The van der Waals surface area contributed by atoms with Crippen molar-refractivity contribution in [2.75, 3.05) is 18.5 Å². The predicted octanol–water partition coefficient (Wildman–Crippen LogP) is 2.75. The zero-order valence-corrected chi connectivity index (χ0v) is 17.2. The first-order valence-corrected chi connectivity index (χ1v) is 10.0. The van der Waals surface area contributed by atoms with Crippen molar-refractivity contribution >= 4 is 29.7 Å². The summed E-state index contributed by atoms with van der Waals surface area (Å²) in [5, 5.41) is 7.56. The molecule has 0 atom stereocenters. The van der Waals surface area contributed by atoms with Gasteiger partial charge in [-0.25, -0.2) is 0 Å². The Morgan fingerprint density at radius 2 is 1.83 bits per heavy atom. The standard InChI is InChI=1S/C24H28N2O3/c1-16(2)14-25-23(27)15-29-22-12-11-21(19-9-4-5-10-20(19)22)24(28)26-18-8-6-7-17(3)13-18/h6-13,16H,4-5,14-15H2,1-3H3,(H,25,27)(H,26,28). The Kier molecular flexibility index (Phi) is 6.70. The maximum atomic E-state index is 12.9. The largest absolute Gasteiger partial charge is 0.483 e. The van der Waals surface area contributed by atoms with Crippen molar-refractivity contribution in [2.45, 2.75) is 33.6 Å². The summed E-state index contributed by atoms with van der Waals surface area (Å²) in [7, 11) is 0. The van der Waals surface area contributed by atoms with Gasteiger partial charge in [-0.05, 0) is 60.7 Å². The number of aryl methyl sites for hydroxylation is 1. The fourth-order valence-corrected chi connectivity index (χ4v) is 3.26. The molecule has 0 aromatic heterocycles. The number of ether oxygens (including phenoxy) is 1. The van der Waals surface area contributed by atoms with Gasteiger partial charge in [0, 0.05) is 23.0 Å². The lowest BCUT2D eigenvalue weighted by Crippen LogP contribution is -2.37. The van der Waals surface area contributed by atoms with Gasteiger partial charge in [0.15, 0.2) is 6.61 Å². The fraction of sp³-hybridized carbons (Fsp3) is 0.333.